The number of piperazine rings is 1. The van der Waals surface area contributed by atoms with Crippen LogP contribution in [0.25, 0.3) is 0 Å². The Bertz CT molecular complexity index is 739. The van der Waals surface area contributed by atoms with Gasteiger partial charge in [0.1, 0.15) is 5.75 Å². The molecule has 0 radical (unpaired) electrons. The van der Waals surface area contributed by atoms with E-state index in [-0.39, 0.29) is 12.3 Å². The number of benzene rings is 2. The number of ether oxygens (including phenoxy) is 1. The third-order valence-corrected chi connectivity index (χ3v) is 5.15. The molecule has 1 saturated heterocycles. The van der Waals surface area contributed by atoms with Crippen molar-refractivity contribution in [3.8, 4) is 5.75 Å². The highest BCUT2D eigenvalue weighted by atomic mass is 35.5. The van der Waals surface area contributed by atoms with Gasteiger partial charge < -0.3 is 14.5 Å². The normalized spacial score (nSPS) is 14.5. The van der Waals surface area contributed by atoms with E-state index in [2.05, 4.69) is 11.0 Å². The first-order valence-corrected chi connectivity index (χ1v) is 8.94. The number of methoxy groups -OCH3 is 1. The number of nitrogens with zero attached hydrogens (tertiary/aromatic N) is 2. The number of halogens is 2. The van der Waals surface area contributed by atoms with Gasteiger partial charge in [0.2, 0.25) is 5.91 Å². The Labute approximate surface area is 157 Å². The standard InChI is InChI=1S/C19H20Cl2N2O2/c1-25-15-5-2-4-14(12-15)22-8-10-23(11-9-22)19(24)13-16-17(20)6-3-7-18(16)21/h2-7,12H,8-11,13H2,1H3. The van der Waals surface area contributed by atoms with Gasteiger partial charge in [-0.3, -0.25) is 4.79 Å². The number of hydrogen-bond acceptors (Lipinski definition) is 3. The zero-order chi connectivity index (χ0) is 17.8. The highest BCUT2D eigenvalue weighted by Gasteiger charge is 2.22. The second kappa shape index (κ2) is 7.98. The highest BCUT2D eigenvalue weighted by molar-refractivity contribution is 6.36. The molecular weight excluding hydrogens is 359 g/mol. The van der Waals surface area contributed by atoms with Gasteiger partial charge in [0.25, 0.3) is 0 Å². The van der Waals surface area contributed by atoms with Crippen LogP contribution in [0.1, 0.15) is 5.56 Å². The fraction of sp³-hybridized carbons (Fsp3) is 0.316. The molecular formula is C19H20Cl2N2O2. The fourth-order valence-corrected chi connectivity index (χ4v) is 3.52. The van der Waals surface area contributed by atoms with Gasteiger partial charge in [-0.25, -0.2) is 0 Å². The van der Waals surface area contributed by atoms with Gasteiger partial charge in [-0.15, -0.1) is 0 Å². The molecule has 2 aromatic rings. The van der Waals surface area contributed by atoms with Crippen LogP contribution in [-0.4, -0.2) is 44.1 Å². The van der Waals surface area contributed by atoms with Crippen molar-refractivity contribution in [1.82, 2.24) is 4.90 Å². The van der Waals surface area contributed by atoms with Crippen molar-refractivity contribution >= 4 is 34.8 Å². The summed E-state index contributed by atoms with van der Waals surface area (Å²) >= 11 is 12.3. The monoisotopic (exact) mass is 378 g/mol. The maximum absolute atomic E-state index is 12.6. The van der Waals surface area contributed by atoms with E-state index >= 15 is 0 Å². The molecule has 1 amide bonds. The minimum absolute atomic E-state index is 0.0558. The van der Waals surface area contributed by atoms with Crippen LogP contribution in [0.15, 0.2) is 42.5 Å². The quantitative estimate of drug-likeness (QED) is 0.808. The van der Waals surface area contributed by atoms with E-state index in [1.807, 2.05) is 23.1 Å². The van der Waals surface area contributed by atoms with Crippen LogP contribution in [0.3, 0.4) is 0 Å². The van der Waals surface area contributed by atoms with E-state index in [0.717, 1.165) is 24.5 Å². The Hall–Kier alpha value is -1.91. The van der Waals surface area contributed by atoms with Crippen LogP contribution >= 0.6 is 23.2 Å². The number of amides is 1. The average molecular weight is 379 g/mol. The highest BCUT2D eigenvalue weighted by Crippen LogP contribution is 2.26. The van der Waals surface area contributed by atoms with Crippen molar-refractivity contribution in [2.45, 2.75) is 6.42 Å². The minimum atomic E-state index is 0.0558. The fourth-order valence-electron chi connectivity index (χ4n) is 2.99. The Balaban J connectivity index is 1.61. The predicted octanol–water partition coefficient (Wildman–Crippen LogP) is 3.89. The van der Waals surface area contributed by atoms with Crippen LogP contribution in [0.2, 0.25) is 10.0 Å². The van der Waals surface area contributed by atoms with Crippen molar-refractivity contribution in [3.63, 3.8) is 0 Å². The lowest BCUT2D eigenvalue weighted by Crippen LogP contribution is -2.49. The lowest BCUT2D eigenvalue weighted by Gasteiger charge is -2.36. The van der Waals surface area contributed by atoms with Gasteiger partial charge in [0, 0.05) is 48.0 Å². The smallest absolute Gasteiger partial charge is 0.227 e. The second-order valence-electron chi connectivity index (χ2n) is 5.95. The molecule has 0 atom stereocenters. The molecule has 0 aliphatic carbocycles. The van der Waals surface area contributed by atoms with Crippen LogP contribution < -0.4 is 9.64 Å². The van der Waals surface area contributed by atoms with E-state index in [1.54, 1.807) is 25.3 Å². The molecule has 0 bridgehead atoms. The molecule has 0 N–H and O–H groups in total. The Kier molecular flexibility index (Phi) is 5.71. The Morgan fingerprint density at radius 2 is 1.68 bits per heavy atom. The van der Waals surface area contributed by atoms with Gasteiger partial charge >= 0.3 is 0 Å². The summed E-state index contributed by atoms with van der Waals surface area (Å²) in [6, 6.07) is 13.3. The van der Waals surface area contributed by atoms with Crippen molar-refractivity contribution in [2.75, 3.05) is 38.2 Å². The molecule has 25 heavy (non-hydrogen) atoms. The number of carbonyl (C=O) groups excluding carboxylic acids is 1. The van der Waals surface area contributed by atoms with Gasteiger partial charge in [-0.05, 0) is 29.8 Å². The van der Waals surface area contributed by atoms with Gasteiger partial charge in [-0.2, -0.15) is 0 Å². The zero-order valence-corrected chi connectivity index (χ0v) is 15.6. The first-order valence-electron chi connectivity index (χ1n) is 8.18. The van der Waals surface area contributed by atoms with Crippen molar-refractivity contribution in [3.05, 3.63) is 58.1 Å². The summed E-state index contributed by atoms with van der Waals surface area (Å²) < 4.78 is 5.28. The van der Waals surface area contributed by atoms with Crippen LogP contribution in [0.4, 0.5) is 5.69 Å². The molecule has 0 spiro atoms. The third-order valence-electron chi connectivity index (χ3n) is 4.44. The predicted molar refractivity (Wildman–Crippen MR) is 102 cm³/mol. The molecule has 1 fully saturated rings. The van der Waals surface area contributed by atoms with Gasteiger partial charge in [0.05, 0.1) is 13.5 Å². The van der Waals surface area contributed by atoms with E-state index in [4.69, 9.17) is 27.9 Å². The third kappa shape index (κ3) is 4.20. The van der Waals surface area contributed by atoms with E-state index in [1.165, 1.54) is 0 Å². The molecule has 1 aliphatic rings. The molecule has 6 heteroatoms. The number of anilines is 1. The molecule has 0 unspecified atom stereocenters. The maximum Gasteiger partial charge on any atom is 0.227 e. The lowest BCUT2D eigenvalue weighted by molar-refractivity contribution is -0.130. The molecule has 1 aliphatic heterocycles. The number of rotatable bonds is 4. The summed E-state index contributed by atoms with van der Waals surface area (Å²) in [4.78, 5) is 16.7. The lowest BCUT2D eigenvalue weighted by atomic mass is 10.1. The summed E-state index contributed by atoms with van der Waals surface area (Å²) in [5.41, 5.74) is 1.81. The first-order chi connectivity index (χ1) is 12.1. The number of hydrogen-bond donors (Lipinski definition) is 0. The Morgan fingerprint density at radius 1 is 1.04 bits per heavy atom. The minimum Gasteiger partial charge on any atom is -0.497 e. The van der Waals surface area contributed by atoms with Crippen LogP contribution in [0, 0.1) is 0 Å². The van der Waals surface area contributed by atoms with Crippen molar-refractivity contribution in [1.29, 1.82) is 0 Å². The molecule has 1 heterocycles. The summed E-state index contributed by atoms with van der Waals surface area (Å²) in [6.07, 6.45) is 0.234. The Morgan fingerprint density at radius 3 is 2.32 bits per heavy atom. The largest absolute Gasteiger partial charge is 0.497 e. The van der Waals surface area contributed by atoms with E-state index in [9.17, 15) is 4.79 Å². The average Bonchev–Trinajstić information content (AvgIpc) is 2.65. The van der Waals surface area contributed by atoms with Crippen molar-refractivity contribution in [2.24, 2.45) is 0 Å². The number of carbonyl (C=O) groups is 1. The first kappa shape index (κ1) is 17.9. The summed E-state index contributed by atoms with van der Waals surface area (Å²) in [5, 5.41) is 1.08. The van der Waals surface area contributed by atoms with Crippen LogP contribution in [0.5, 0.6) is 5.75 Å². The van der Waals surface area contributed by atoms with Gasteiger partial charge in [0.15, 0.2) is 0 Å². The molecule has 0 aromatic heterocycles. The van der Waals surface area contributed by atoms with E-state index in [0.29, 0.717) is 28.7 Å². The zero-order valence-electron chi connectivity index (χ0n) is 14.0. The molecule has 0 saturated carbocycles. The van der Waals surface area contributed by atoms with Gasteiger partial charge in [-0.1, -0.05) is 35.3 Å². The summed E-state index contributed by atoms with van der Waals surface area (Å²) in [6.45, 7) is 2.93. The molecule has 3 rings (SSSR count). The molecule has 2 aromatic carbocycles. The topological polar surface area (TPSA) is 32.8 Å². The van der Waals surface area contributed by atoms with Crippen molar-refractivity contribution < 1.29 is 9.53 Å². The SMILES string of the molecule is COc1cccc(N2CCN(C(=O)Cc3c(Cl)cccc3Cl)CC2)c1. The second-order valence-corrected chi connectivity index (χ2v) is 6.76. The summed E-state index contributed by atoms with van der Waals surface area (Å²) in [5.74, 6) is 0.893. The maximum atomic E-state index is 12.6. The molecule has 4 nitrogen and oxygen atoms in total. The molecule has 132 valence electrons. The van der Waals surface area contributed by atoms with E-state index < -0.39 is 0 Å². The van der Waals surface area contributed by atoms with Crippen LogP contribution in [-0.2, 0) is 11.2 Å². The summed E-state index contributed by atoms with van der Waals surface area (Å²) in [7, 11) is 1.66.